The Bertz CT molecular complexity index is 2230. The van der Waals surface area contributed by atoms with Crippen LogP contribution in [0.3, 0.4) is 0 Å². The van der Waals surface area contributed by atoms with E-state index >= 15 is 0 Å². The highest BCUT2D eigenvalue weighted by molar-refractivity contribution is 6.52. The van der Waals surface area contributed by atoms with Gasteiger partial charge >= 0.3 is 0 Å². The number of aliphatic hydroxyl groups is 1. The van der Waals surface area contributed by atoms with Gasteiger partial charge in [0.05, 0.1) is 22.5 Å². The Morgan fingerprint density at radius 3 is 1.96 bits per heavy atom. The van der Waals surface area contributed by atoms with Crippen molar-refractivity contribution in [2.45, 2.75) is 111 Å². The second-order valence-corrected chi connectivity index (χ2v) is 18.6. The first-order chi connectivity index (χ1) is 24.1. The highest BCUT2D eigenvalue weighted by Gasteiger charge is 2.44. The number of allylic oxidation sites excluding steroid dienone is 2. The molecule has 1 heterocycles. The summed E-state index contributed by atoms with van der Waals surface area (Å²) in [5.41, 5.74) is 4.63. The molecule has 1 aliphatic heterocycles. The summed E-state index contributed by atoms with van der Waals surface area (Å²) in [4.78, 5) is 14.6. The minimum Gasteiger partial charge on any atom is -0.506 e. The van der Waals surface area contributed by atoms with Crippen molar-refractivity contribution < 1.29 is 9.90 Å². The average Bonchev–Trinajstić information content (AvgIpc) is 3.06. The van der Waals surface area contributed by atoms with E-state index in [2.05, 4.69) is 107 Å². The van der Waals surface area contributed by atoms with Gasteiger partial charge in [0.2, 0.25) is 5.78 Å². The van der Waals surface area contributed by atoms with Crippen molar-refractivity contribution in [3.63, 3.8) is 0 Å². The van der Waals surface area contributed by atoms with Gasteiger partial charge in [-0.3, -0.25) is 4.79 Å². The van der Waals surface area contributed by atoms with Crippen LogP contribution in [-0.4, -0.2) is 22.1 Å². The molecule has 2 fully saturated rings. The minimum absolute atomic E-state index is 0.0736. The Kier molecular flexibility index (Phi) is 7.72. The lowest BCUT2D eigenvalue weighted by Crippen LogP contribution is -2.51. The Balaban J connectivity index is 1.24. The summed E-state index contributed by atoms with van der Waals surface area (Å²) in [6.07, 6.45) is 8.63. The second-order valence-electron chi connectivity index (χ2n) is 18.6. The van der Waals surface area contributed by atoms with Gasteiger partial charge in [-0.15, -0.1) is 0 Å². The third-order valence-electron chi connectivity index (χ3n) is 13.2. The molecule has 0 radical (unpaired) electrons. The molecule has 0 atom stereocenters. The van der Waals surface area contributed by atoms with E-state index in [1.54, 1.807) is 0 Å². The van der Waals surface area contributed by atoms with Crippen LogP contribution in [-0.2, 0) is 4.79 Å². The number of fused-ring (bicyclic) bond motifs is 1. The fraction of sp³-hybridized carbons (Fsp3) is 0.457. The molecule has 4 aromatic carbocycles. The van der Waals surface area contributed by atoms with Crippen LogP contribution in [0, 0.1) is 22.7 Å². The van der Waals surface area contributed by atoms with Crippen molar-refractivity contribution in [3.8, 4) is 0 Å². The van der Waals surface area contributed by atoms with E-state index in [-0.39, 0.29) is 33.6 Å². The lowest BCUT2D eigenvalue weighted by molar-refractivity contribution is -0.109. The molecule has 3 aliphatic carbocycles. The van der Waals surface area contributed by atoms with Crippen molar-refractivity contribution in [2.24, 2.45) is 22.7 Å². The number of hydrogen-bond acceptors (Lipinski definition) is 5. The zero-order chi connectivity index (χ0) is 36.1. The third kappa shape index (κ3) is 5.63. The molecule has 0 bridgehead atoms. The van der Waals surface area contributed by atoms with Crippen molar-refractivity contribution in [1.82, 2.24) is 0 Å². The molecule has 0 aromatic heterocycles. The predicted molar refractivity (Wildman–Crippen MR) is 215 cm³/mol. The number of anilines is 3. The summed E-state index contributed by atoms with van der Waals surface area (Å²) < 4.78 is 0. The standard InChI is InChI=1S/C46H55N3O2/c1-27-11-9-12-28-15-17-32(39(35(27)28)48-45(8)23-19-30(20-24-45)43(2,3)4)37-41(50)38(42(37)51)33-18-16-29-13-10-14-34-36(29)40(33)49-46(47-34)25-21-31(22-26-46)44(5,6)7/h9-18,30-31,47-50H,1,19-26H2,2-8H3/b37-32+. The lowest BCUT2D eigenvalue weighted by atomic mass is 9.67. The SMILES string of the molecule is C=c1cccc2cc/c(=C3\C(=O)C(c4ccc5cccc6c5c4NC4(CCC(C(C)(C)C)CC4)N6)=C3O)c(NC3(C)CCC(C(C)(C)C)CC3)c12. The monoisotopic (exact) mass is 681 g/mol. The molecular weight excluding hydrogens is 627 g/mol. The highest BCUT2D eigenvalue weighted by Crippen LogP contribution is 2.51. The largest absolute Gasteiger partial charge is 0.506 e. The van der Waals surface area contributed by atoms with Crippen molar-refractivity contribution in [3.05, 3.63) is 82.4 Å². The number of ketones is 1. The van der Waals surface area contributed by atoms with Gasteiger partial charge in [0.15, 0.2) is 0 Å². The smallest absolute Gasteiger partial charge is 0.201 e. The molecule has 4 N–H and O–H groups in total. The predicted octanol–water partition coefficient (Wildman–Crippen LogP) is 10.3. The summed E-state index contributed by atoms with van der Waals surface area (Å²) >= 11 is 0. The summed E-state index contributed by atoms with van der Waals surface area (Å²) in [7, 11) is 0. The zero-order valence-corrected chi connectivity index (χ0v) is 31.6. The lowest BCUT2D eigenvalue weighted by Gasteiger charge is -2.48. The molecule has 5 heteroatoms. The fourth-order valence-corrected chi connectivity index (χ4v) is 9.82. The highest BCUT2D eigenvalue weighted by atomic mass is 16.3. The summed E-state index contributed by atoms with van der Waals surface area (Å²) in [6.45, 7) is 20.8. The van der Waals surface area contributed by atoms with E-state index in [9.17, 15) is 9.90 Å². The van der Waals surface area contributed by atoms with Gasteiger partial charge in [-0.05, 0) is 103 Å². The Morgan fingerprint density at radius 1 is 0.745 bits per heavy atom. The van der Waals surface area contributed by atoms with E-state index in [1.807, 2.05) is 24.3 Å². The second kappa shape index (κ2) is 11.6. The molecule has 4 aliphatic rings. The number of carbonyl (C=O) groups excluding carboxylic acids is 1. The van der Waals surface area contributed by atoms with Gasteiger partial charge in [0, 0.05) is 32.8 Å². The number of carbonyl (C=O) groups is 1. The number of Topliss-reactive ketones (excluding diaryl/α,β-unsaturated/α-hetero) is 1. The first kappa shape index (κ1) is 33.9. The van der Waals surface area contributed by atoms with E-state index in [0.29, 0.717) is 23.0 Å². The topological polar surface area (TPSA) is 73.4 Å². The maximum absolute atomic E-state index is 14.6. The van der Waals surface area contributed by atoms with Crippen LogP contribution in [0.25, 0.3) is 39.3 Å². The molecule has 8 rings (SSSR count). The van der Waals surface area contributed by atoms with Gasteiger partial charge in [0.25, 0.3) is 0 Å². The maximum atomic E-state index is 14.6. The van der Waals surface area contributed by atoms with Crippen LogP contribution in [0.5, 0.6) is 0 Å². The number of nitrogens with one attached hydrogen (secondary N) is 3. The summed E-state index contributed by atoms with van der Waals surface area (Å²) in [5, 5.41) is 29.8. The minimum atomic E-state index is -0.296. The van der Waals surface area contributed by atoms with Crippen LogP contribution in [0.4, 0.5) is 17.1 Å². The Morgan fingerprint density at radius 2 is 1.33 bits per heavy atom. The molecule has 4 aromatic rings. The Hall–Kier alpha value is -4.25. The molecule has 266 valence electrons. The normalized spacial score (nSPS) is 27.7. The van der Waals surface area contributed by atoms with Crippen LogP contribution >= 0.6 is 0 Å². The number of benzene rings is 4. The number of aliphatic hydroxyl groups excluding tert-OH is 1. The maximum Gasteiger partial charge on any atom is 0.201 e. The van der Waals surface area contributed by atoms with Gasteiger partial charge in [0.1, 0.15) is 11.4 Å². The molecule has 51 heavy (non-hydrogen) atoms. The van der Waals surface area contributed by atoms with Gasteiger partial charge in [-0.1, -0.05) is 103 Å². The third-order valence-corrected chi connectivity index (χ3v) is 13.2. The molecule has 1 spiro atoms. The average molecular weight is 682 g/mol. The van der Waals surface area contributed by atoms with Gasteiger partial charge in [-0.2, -0.15) is 0 Å². The van der Waals surface area contributed by atoms with E-state index in [4.69, 9.17) is 0 Å². The zero-order valence-electron chi connectivity index (χ0n) is 31.6. The number of rotatable bonds is 3. The van der Waals surface area contributed by atoms with Crippen molar-refractivity contribution in [2.75, 3.05) is 16.0 Å². The van der Waals surface area contributed by atoms with Crippen molar-refractivity contribution in [1.29, 1.82) is 0 Å². The van der Waals surface area contributed by atoms with E-state index < -0.39 is 0 Å². The molecule has 2 saturated carbocycles. The van der Waals surface area contributed by atoms with Gasteiger partial charge in [-0.25, -0.2) is 0 Å². The number of hydrogen-bond donors (Lipinski definition) is 4. The van der Waals surface area contributed by atoms with Crippen LogP contribution < -0.4 is 26.4 Å². The van der Waals surface area contributed by atoms with Gasteiger partial charge < -0.3 is 21.1 Å². The van der Waals surface area contributed by atoms with Crippen LogP contribution in [0.1, 0.15) is 105 Å². The van der Waals surface area contributed by atoms with Crippen LogP contribution in [0.15, 0.2) is 66.4 Å². The summed E-state index contributed by atoms with van der Waals surface area (Å²) in [6, 6.07) is 20.7. The molecule has 0 unspecified atom stereocenters. The Labute approximate surface area is 303 Å². The fourth-order valence-electron chi connectivity index (χ4n) is 9.82. The first-order valence-corrected chi connectivity index (χ1v) is 19.2. The van der Waals surface area contributed by atoms with Crippen LogP contribution in [0.2, 0.25) is 0 Å². The quantitative estimate of drug-likeness (QED) is 0.173. The summed E-state index contributed by atoms with van der Waals surface area (Å²) in [5.74, 6) is 1.30. The van der Waals surface area contributed by atoms with E-state index in [1.165, 1.54) is 0 Å². The van der Waals surface area contributed by atoms with Crippen molar-refractivity contribution >= 4 is 62.1 Å². The molecule has 0 saturated heterocycles. The van der Waals surface area contributed by atoms with E-state index in [0.717, 1.165) is 106 Å². The molecule has 0 amide bonds. The molecule has 5 nitrogen and oxygen atoms in total. The molecular formula is C46H55N3O2. The first-order valence-electron chi connectivity index (χ1n) is 19.2.